The summed E-state index contributed by atoms with van der Waals surface area (Å²) in [4.78, 5) is 27.0. The van der Waals surface area contributed by atoms with Crippen molar-refractivity contribution in [2.75, 3.05) is 13.7 Å². The van der Waals surface area contributed by atoms with Crippen LogP contribution >= 0.6 is 23.2 Å². The molecule has 1 aliphatic heterocycles. The fourth-order valence-electron chi connectivity index (χ4n) is 4.22. The van der Waals surface area contributed by atoms with Crippen molar-refractivity contribution in [3.63, 3.8) is 0 Å². The number of benzene rings is 2. The number of carbonyl (C=O) groups is 2. The van der Waals surface area contributed by atoms with E-state index < -0.39 is 5.97 Å². The maximum Gasteiger partial charge on any atom is 0.354 e. The number of hydrogen-bond acceptors (Lipinski definition) is 5. The molecule has 0 fully saturated rings. The second kappa shape index (κ2) is 10.7. The molecule has 0 saturated heterocycles. The number of aromatic nitrogens is 2. The van der Waals surface area contributed by atoms with Crippen molar-refractivity contribution >= 4 is 35.1 Å². The first kappa shape index (κ1) is 25.0. The van der Waals surface area contributed by atoms with Crippen molar-refractivity contribution < 1.29 is 19.4 Å². The highest BCUT2D eigenvalue weighted by Gasteiger charge is 2.34. The Balaban J connectivity index is 1.47. The summed E-state index contributed by atoms with van der Waals surface area (Å²) in [5, 5.41) is 18.5. The highest BCUT2D eigenvalue weighted by molar-refractivity contribution is 6.42. The Hall–Kier alpha value is -3.07. The standard InChI is InChI=1S/C25H26Cl2N4O4/c1-15-11-22-19(14-30(15)24(32)17-5-8-20(26)21(27)12-17)23(25(33)34)31(29-22)10-9-28-13-16-3-6-18(35-2)7-4-16/h3-8,12,15,28H,9-11,13-14H2,1-2H3,(H,33,34)/t15-/m0/s1. The highest BCUT2D eigenvalue weighted by atomic mass is 35.5. The number of carbonyl (C=O) groups excluding carboxylic acids is 1. The first-order valence-corrected chi connectivity index (χ1v) is 12.0. The molecule has 184 valence electrons. The van der Waals surface area contributed by atoms with Crippen molar-refractivity contribution in [1.29, 1.82) is 0 Å². The zero-order valence-electron chi connectivity index (χ0n) is 19.4. The molecule has 1 atom stereocenters. The van der Waals surface area contributed by atoms with E-state index in [2.05, 4.69) is 10.4 Å². The SMILES string of the molecule is COc1ccc(CNCCn2nc3c(c2C(=O)O)CN(C(=O)c2ccc(Cl)c(Cl)c2)[C@@H](C)C3)cc1. The molecule has 0 bridgehead atoms. The number of amides is 1. The molecule has 0 aliphatic carbocycles. The fraction of sp³-hybridized carbons (Fsp3) is 0.320. The zero-order valence-corrected chi connectivity index (χ0v) is 20.9. The third-order valence-corrected chi connectivity index (χ3v) is 6.84. The quantitative estimate of drug-likeness (QED) is 0.434. The van der Waals surface area contributed by atoms with Gasteiger partial charge in [-0.1, -0.05) is 35.3 Å². The predicted molar refractivity (Wildman–Crippen MR) is 133 cm³/mol. The van der Waals surface area contributed by atoms with Crippen LogP contribution in [-0.4, -0.2) is 51.4 Å². The van der Waals surface area contributed by atoms with Crippen LogP contribution in [0.5, 0.6) is 5.75 Å². The van der Waals surface area contributed by atoms with Gasteiger partial charge in [-0.15, -0.1) is 0 Å². The maximum atomic E-state index is 13.2. The van der Waals surface area contributed by atoms with E-state index in [-0.39, 0.29) is 24.2 Å². The molecule has 0 saturated carbocycles. The molecule has 0 unspecified atom stereocenters. The number of halogens is 2. The Morgan fingerprint density at radius 3 is 2.57 bits per heavy atom. The third-order valence-electron chi connectivity index (χ3n) is 6.10. The number of nitrogens with one attached hydrogen (secondary N) is 1. The molecule has 0 spiro atoms. The fourth-order valence-corrected chi connectivity index (χ4v) is 4.52. The monoisotopic (exact) mass is 516 g/mol. The lowest BCUT2D eigenvalue weighted by atomic mass is 9.98. The lowest BCUT2D eigenvalue weighted by molar-refractivity contribution is 0.0634. The first-order chi connectivity index (χ1) is 16.8. The van der Waals surface area contributed by atoms with Gasteiger partial charge < -0.3 is 20.1 Å². The van der Waals surface area contributed by atoms with Gasteiger partial charge in [0, 0.05) is 36.7 Å². The van der Waals surface area contributed by atoms with Crippen molar-refractivity contribution in [3.05, 3.63) is 80.6 Å². The van der Waals surface area contributed by atoms with E-state index in [4.69, 9.17) is 27.9 Å². The molecule has 2 N–H and O–H groups in total. The minimum Gasteiger partial charge on any atom is -0.497 e. The van der Waals surface area contributed by atoms with Crippen molar-refractivity contribution in [1.82, 2.24) is 20.0 Å². The number of methoxy groups -OCH3 is 1. The lowest BCUT2D eigenvalue weighted by Gasteiger charge is -2.33. The minimum absolute atomic E-state index is 0.116. The molecule has 4 rings (SSSR count). The van der Waals surface area contributed by atoms with Crippen LogP contribution in [0.4, 0.5) is 0 Å². The van der Waals surface area contributed by atoms with Crippen LogP contribution in [0.3, 0.4) is 0 Å². The number of aromatic carboxylic acids is 1. The normalized spacial score (nSPS) is 15.1. The second-order valence-electron chi connectivity index (χ2n) is 8.44. The molecule has 0 radical (unpaired) electrons. The van der Waals surface area contributed by atoms with Crippen LogP contribution < -0.4 is 10.1 Å². The number of fused-ring (bicyclic) bond motifs is 1. The smallest absolute Gasteiger partial charge is 0.354 e. The largest absolute Gasteiger partial charge is 0.497 e. The summed E-state index contributed by atoms with van der Waals surface area (Å²) in [7, 11) is 1.63. The predicted octanol–water partition coefficient (Wildman–Crippen LogP) is 4.27. The molecule has 1 amide bonds. The van der Waals surface area contributed by atoms with Crippen LogP contribution in [0.2, 0.25) is 10.0 Å². The van der Waals surface area contributed by atoms with Gasteiger partial charge in [0.25, 0.3) is 5.91 Å². The average Bonchev–Trinajstić information content (AvgIpc) is 3.20. The van der Waals surface area contributed by atoms with E-state index in [1.165, 1.54) is 10.7 Å². The van der Waals surface area contributed by atoms with E-state index in [1.807, 2.05) is 31.2 Å². The van der Waals surface area contributed by atoms with Gasteiger partial charge in [-0.25, -0.2) is 4.79 Å². The van der Waals surface area contributed by atoms with Gasteiger partial charge in [0.1, 0.15) is 5.75 Å². The summed E-state index contributed by atoms with van der Waals surface area (Å²) in [5.41, 5.74) is 2.89. The Kier molecular flexibility index (Phi) is 7.64. The van der Waals surface area contributed by atoms with Crippen molar-refractivity contribution in [2.45, 2.75) is 39.0 Å². The number of carboxylic acids is 1. The molecule has 10 heteroatoms. The topological polar surface area (TPSA) is 96.7 Å². The van der Waals surface area contributed by atoms with Gasteiger partial charge in [-0.2, -0.15) is 5.10 Å². The Morgan fingerprint density at radius 1 is 1.17 bits per heavy atom. The maximum absolute atomic E-state index is 13.2. The molecule has 35 heavy (non-hydrogen) atoms. The molecule has 2 heterocycles. The van der Waals surface area contributed by atoms with E-state index in [1.54, 1.807) is 24.1 Å². The van der Waals surface area contributed by atoms with Crippen LogP contribution in [-0.2, 0) is 26.1 Å². The summed E-state index contributed by atoms with van der Waals surface area (Å²) in [6.45, 7) is 3.65. The van der Waals surface area contributed by atoms with E-state index >= 15 is 0 Å². The second-order valence-corrected chi connectivity index (χ2v) is 9.26. The van der Waals surface area contributed by atoms with Crippen LogP contribution in [0.15, 0.2) is 42.5 Å². The molecule has 8 nitrogen and oxygen atoms in total. The molecule has 2 aromatic carbocycles. The van der Waals surface area contributed by atoms with Gasteiger partial charge >= 0.3 is 5.97 Å². The van der Waals surface area contributed by atoms with Gasteiger partial charge in [-0.3, -0.25) is 9.48 Å². The van der Waals surface area contributed by atoms with Crippen LogP contribution in [0.25, 0.3) is 0 Å². The number of ether oxygens (including phenoxy) is 1. The number of hydrogen-bond donors (Lipinski definition) is 2. The van der Waals surface area contributed by atoms with Crippen molar-refractivity contribution in [3.8, 4) is 5.75 Å². The molecule has 1 aliphatic rings. The highest BCUT2D eigenvalue weighted by Crippen LogP contribution is 2.29. The zero-order chi connectivity index (χ0) is 25.1. The van der Waals surface area contributed by atoms with E-state index in [9.17, 15) is 14.7 Å². The van der Waals surface area contributed by atoms with E-state index in [0.29, 0.717) is 52.9 Å². The first-order valence-electron chi connectivity index (χ1n) is 11.2. The third kappa shape index (κ3) is 5.45. The molecule has 3 aromatic rings. The molecular formula is C25H26Cl2N4O4. The Bertz CT molecular complexity index is 1240. The Morgan fingerprint density at radius 2 is 1.91 bits per heavy atom. The minimum atomic E-state index is -1.06. The van der Waals surface area contributed by atoms with Gasteiger partial charge in [-0.05, 0) is 42.8 Å². The van der Waals surface area contributed by atoms with E-state index in [0.717, 1.165) is 11.3 Å². The molecular weight excluding hydrogens is 491 g/mol. The summed E-state index contributed by atoms with van der Waals surface area (Å²) in [6, 6.07) is 12.3. The van der Waals surface area contributed by atoms with Gasteiger partial charge in [0.05, 0.1) is 35.9 Å². The number of carboxylic acid groups (broad SMARTS) is 1. The van der Waals surface area contributed by atoms with Gasteiger partial charge in [0.15, 0.2) is 5.69 Å². The Labute approximate surface area is 213 Å². The summed E-state index contributed by atoms with van der Waals surface area (Å²) in [5.74, 6) is -0.500. The van der Waals surface area contributed by atoms with Gasteiger partial charge in [0.2, 0.25) is 0 Å². The van der Waals surface area contributed by atoms with Crippen LogP contribution in [0.1, 0.15) is 44.6 Å². The van der Waals surface area contributed by atoms with Crippen molar-refractivity contribution in [2.24, 2.45) is 0 Å². The summed E-state index contributed by atoms with van der Waals surface area (Å²) in [6.07, 6.45) is 0.467. The average molecular weight is 517 g/mol. The number of nitrogens with zero attached hydrogens (tertiary/aromatic N) is 3. The van der Waals surface area contributed by atoms with Crippen LogP contribution in [0, 0.1) is 0 Å². The summed E-state index contributed by atoms with van der Waals surface area (Å²) >= 11 is 12.1. The number of rotatable bonds is 8. The molecule has 1 aromatic heterocycles. The lowest BCUT2D eigenvalue weighted by Crippen LogP contribution is -2.42. The summed E-state index contributed by atoms with van der Waals surface area (Å²) < 4.78 is 6.69.